The maximum Gasteiger partial charge on any atom is 0.472 e. The number of nitrogens with two attached hydrogens (primary N) is 1. The standard InChI is InChI=1S/C41H70NO9P/c1-3-5-7-9-11-12-13-14-15-16-17-18-19-23-28-32-41(44)50-37(36-49-52(45,46)48-34-33-42)35-47-40(43)31-27-24-20-22-26-30-39-38(51-39)29-25-21-10-8-6-4-2/h5,7,11-12,14-15,17-18,21,25,37-39H,3-4,6,8-10,13,16,19-20,22-24,26-36,42H2,1-2H3,(H,45,46)/b7-5-,12-11-,15-14-,18-17-,25-21-/t37-,38?,39?/m1/s1. The summed E-state index contributed by atoms with van der Waals surface area (Å²) in [6.07, 6.45) is 39.9. The fraction of sp³-hybridized carbons (Fsp3) is 0.707. The van der Waals surface area contributed by atoms with Crippen LogP contribution in [0.15, 0.2) is 60.8 Å². The molecule has 0 amide bonds. The summed E-state index contributed by atoms with van der Waals surface area (Å²) in [4.78, 5) is 34.8. The fourth-order valence-electron chi connectivity index (χ4n) is 5.28. The number of unbranched alkanes of at least 4 members (excludes halogenated alkanes) is 9. The van der Waals surface area contributed by atoms with Crippen molar-refractivity contribution in [3.05, 3.63) is 60.8 Å². The van der Waals surface area contributed by atoms with Crippen molar-refractivity contribution in [2.45, 2.75) is 161 Å². The van der Waals surface area contributed by atoms with Gasteiger partial charge < -0.3 is 24.8 Å². The zero-order valence-corrected chi connectivity index (χ0v) is 33.1. The number of epoxide rings is 1. The zero-order chi connectivity index (χ0) is 38.0. The van der Waals surface area contributed by atoms with E-state index in [1.807, 2.05) is 0 Å². The highest BCUT2D eigenvalue weighted by atomic mass is 31.2. The van der Waals surface area contributed by atoms with Gasteiger partial charge in [-0.15, -0.1) is 0 Å². The van der Waals surface area contributed by atoms with Crippen molar-refractivity contribution in [3.63, 3.8) is 0 Å². The van der Waals surface area contributed by atoms with Gasteiger partial charge in [-0.3, -0.25) is 18.6 Å². The van der Waals surface area contributed by atoms with Gasteiger partial charge in [0.05, 0.1) is 25.4 Å². The minimum absolute atomic E-state index is 0.0391. The monoisotopic (exact) mass is 751 g/mol. The third-order valence-corrected chi connectivity index (χ3v) is 9.30. The first-order valence-electron chi connectivity index (χ1n) is 19.9. The van der Waals surface area contributed by atoms with Gasteiger partial charge in [0.15, 0.2) is 6.10 Å². The van der Waals surface area contributed by atoms with E-state index in [2.05, 4.69) is 74.6 Å². The molecule has 1 rings (SSSR count). The van der Waals surface area contributed by atoms with Crippen LogP contribution in [0.3, 0.4) is 0 Å². The molecule has 0 aromatic carbocycles. The largest absolute Gasteiger partial charge is 0.472 e. The summed E-state index contributed by atoms with van der Waals surface area (Å²) < 4.78 is 38.4. The minimum atomic E-state index is -4.40. The highest BCUT2D eigenvalue weighted by Gasteiger charge is 2.36. The second kappa shape index (κ2) is 33.3. The molecule has 298 valence electrons. The summed E-state index contributed by atoms with van der Waals surface area (Å²) in [6, 6.07) is 0. The Bertz CT molecular complexity index is 1100. The zero-order valence-electron chi connectivity index (χ0n) is 32.2. The van der Waals surface area contributed by atoms with Crippen molar-refractivity contribution in [1.82, 2.24) is 0 Å². The molecule has 3 unspecified atom stereocenters. The first-order valence-corrected chi connectivity index (χ1v) is 21.4. The number of hydrogen-bond acceptors (Lipinski definition) is 9. The summed E-state index contributed by atoms with van der Waals surface area (Å²) in [5.41, 5.74) is 5.33. The fourth-order valence-corrected chi connectivity index (χ4v) is 6.04. The van der Waals surface area contributed by atoms with Gasteiger partial charge in [-0.1, -0.05) is 113 Å². The average Bonchev–Trinajstić information content (AvgIpc) is 3.89. The van der Waals surface area contributed by atoms with Crippen LogP contribution in [0.5, 0.6) is 0 Å². The van der Waals surface area contributed by atoms with Gasteiger partial charge in [0.25, 0.3) is 0 Å². The number of esters is 2. The molecule has 0 radical (unpaired) electrons. The smallest absolute Gasteiger partial charge is 0.462 e. The van der Waals surface area contributed by atoms with E-state index in [4.69, 9.17) is 29.0 Å². The maximum absolute atomic E-state index is 12.5. The van der Waals surface area contributed by atoms with Crippen LogP contribution in [0.4, 0.5) is 0 Å². The molecule has 0 saturated carbocycles. The Hall–Kier alpha value is -2.33. The van der Waals surface area contributed by atoms with Crippen molar-refractivity contribution < 1.29 is 42.3 Å². The molecule has 11 heteroatoms. The number of hydrogen-bond donors (Lipinski definition) is 2. The molecule has 0 bridgehead atoms. The Morgan fingerprint density at radius 2 is 1.31 bits per heavy atom. The van der Waals surface area contributed by atoms with Gasteiger partial charge in [0, 0.05) is 19.4 Å². The van der Waals surface area contributed by atoms with E-state index >= 15 is 0 Å². The van der Waals surface area contributed by atoms with Crippen molar-refractivity contribution in [2.24, 2.45) is 5.73 Å². The summed E-state index contributed by atoms with van der Waals surface area (Å²) in [5, 5.41) is 0. The number of allylic oxidation sites excluding steroid dienone is 9. The molecule has 1 fully saturated rings. The van der Waals surface area contributed by atoms with Gasteiger partial charge in [0.1, 0.15) is 6.61 Å². The Balaban J connectivity index is 2.26. The molecule has 1 heterocycles. The van der Waals surface area contributed by atoms with Gasteiger partial charge in [-0.25, -0.2) is 4.57 Å². The molecule has 1 saturated heterocycles. The lowest BCUT2D eigenvalue weighted by Gasteiger charge is -2.19. The van der Waals surface area contributed by atoms with Crippen LogP contribution >= 0.6 is 7.82 Å². The van der Waals surface area contributed by atoms with Crippen molar-refractivity contribution in [2.75, 3.05) is 26.4 Å². The molecule has 0 aromatic heterocycles. The van der Waals surface area contributed by atoms with E-state index < -0.39 is 32.5 Å². The Kier molecular flexibility index (Phi) is 30.5. The van der Waals surface area contributed by atoms with Crippen LogP contribution in [0.25, 0.3) is 0 Å². The second-order valence-electron chi connectivity index (χ2n) is 13.2. The third-order valence-electron chi connectivity index (χ3n) is 8.31. The molecule has 10 nitrogen and oxygen atoms in total. The average molecular weight is 752 g/mol. The molecular formula is C41H70NO9P. The van der Waals surface area contributed by atoms with Crippen LogP contribution in [0.1, 0.15) is 142 Å². The Labute approximate surface area is 314 Å². The Morgan fingerprint density at radius 3 is 2.00 bits per heavy atom. The molecule has 3 N–H and O–H groups in total. The first kappa shape index (κ1) is 47.7. The normalized spacial score (nSPS) is 17.9. The molecule has 1 aliphatic rings. The molecule has 1 aliphatic heterocycles. The van der Waals surface area contributed by atoms with E-state index in [9.17, 15) is 19.0 Å². The summed E-state index contributed by atoms with van der Waals surface area (Å²) in [5.74, 6) is -0.908. The van der Waals surface area contributed by atoms with Crippen LogP contribution in [0, 0.1) is 0 Å². The number of rotatable bonds is 35. The highest BCUT2D eigenvalue weighted by molar-refractivity contribution is 7.47. The van der Waals surface area contributed by atoms with Crippen molar-refractivity contribution >= 4 is 19.8 Å². The summed E-state index contributed by atoms with van der Waals surface area (Å²) in [6.45, 7) is 3.48. The maximum atomic E-state index is 12.5. The number of carbonyl (C=O) groups excluding carboxylic acids is 2. The van der Waals surface area contributed by atoms with E-state index in [1.54, 1.807) is 0 Å². The van der Waals surface area contributed by atoms with E-state index in [1.165, 1.54) is 19.3 Å². The number of phosphoric acid groups is 1. The van der Waals surface area contributed by atoms with Gasteiger partial charge >= 0.3 is 19.8 Å². The van der Waals surface area contributed by atoms with Gasteiger partial charge in [-0.2, -0.15) is 0 Å². The van der Waals surface area contributed by atoms with Crippen molar-refractivity contribution in [1.29, 1.82) is 0 Å². The topological polar surface area (TPSA) is 147 Å². The number of phosphoric ester groups is 1. The van der Waals surface area contributed by atoms with E-state index in [0.717, 1.165) is 83.5 Å². The highest BCUT2D eigenvalue weighted by Crippen LogP contribution is 2.43. The van der Waals surface area contributed by atoms with Crippen LogP contribution < -0.4 is 5.73 Å². The summed E-state index contributed by atoms with van der Waals surface area (Å²) >= 11 is 0. The molecule has 4 atom stereocenters. The van der Waals surface area contributed by atoms with E-state index in [-0.39, 0.29) is 32.6 Å². The predicted molar refractivity (Wildman–Crippen MR) is 210 cm³/mol. The lowest BCUT2D eigenvalue weighted by atomic mass is 10.1. The minimum Gasteiger partial charge on any atom is -0.462 e. The molecular weight excluding hydrogens is 681 g/mol. The lowest BCUT2D eigenvalue weighted by Crippen LogP contribution is -2.29. The van der Waals surface area contributed by atoms with Crippen molar-refractivity contribution in [3.8, 4) is 0 Å². The molecule has 0 spiro atoms. The van der Waals surface area contributed by atoms with Crippen LogP contribution in [0.2, 0.25) is 0 Å². The van der Waals surface area contributed by atoms with Crippen LogP contribution in [-0.2, 0) is 37.4 Å². The number of carbonyl (C=O) groups is 2. The first-order chi connectivity index (χ1) is 25.3. The molecule has 0 aliphatic carbocycles. The SMILES string of the molecule is CC/C=C\C/C=C\C/C=C\C/C=C\CCCCC(=O)O[C@H](COC(=O)CCCCCCCC1OC1C/C=C\CCCCC)COP(=O)(O)OCCN. The molecule has 52 heavy (non-hydrogen) atoms. The Morgan fingerprint density at radius 1 is 0.712 bits per heavy atom. The summed E-state index contributed by atoms with van der Waals surface area (Å²) in [7, 11) is -4.40. The third kappa shape index (κ3) is 30.2. The predicted octanol–water partition coefficient (Wildman–Crippen LogP) is 9.92. The molecule has 0 aromatic rings. The number of ether oxygens (including phenoxy) is 3. The second-order valence-corrected chi connectivity index (χ2v) is 14.6. The lowest BCUT2D eigenvalue weighted by molar-refractivity contribution is -0.161. The van der Waals surface area contributed by atoms with Gasteiger partial charge in [-0.05, 0) is 77.0 Å². The quantitative estimate of drug-likeness (QED) is 0.0211. The van der Waals surface area contributed by atoms with Gasteiger partial charge in [0.2, 0.25) is 0 Å². The van der Waals surface area contributed by atoms with Crippen LogP contribution in [-0.4, -0.2) is 61.5 Å². The van der Waals surface area contributed by atoms with E-state index in [0.29, 0.717) is 25.0 Å².